The molecule has 0 bridgehead atoms. The predicted octanol–water partition coefficient (Wildman–Crippen LogP) is 3.19. The Labute approximate surface area is 122 Å². The molecule has 1 saturated carbocycles. The summed E-state index contributed by atoms with van der Waals surface area (Å²) in [5.74, 6) is 0.722. The third-order valence-corrected chi connectivity index (χ3v) is 5.16. The zero-order chi connectivity index (χ0) is 13.9. The van der Waals surface area contributed by atoms with Crippen LogP contribution in [0, 0.1) is 5.92 Å². The van der Waals surface area contributed by atoms with Crippen LogP contribution in [-0.2, 0) is 0 Å². The van der Waals surface area contributed by atoms with Gasteiger partial charge >= 0.3 is 0 Å². The summed E-state index contributed by atoms with van der Waals surface area (Å²) in [6.07, 6.45) is 8.08. The standard InChI is InChI=1S/C15H19N3OS/c16-12-13-11(6-3-8-17-13)20-14(12)15(19)18-9-7-10-4-1-2-5-10/h3,6,8,10H,1-2,4-5,7,9,16H2,(H,18,19). The van der Waals surface area contributed by atoms with Gasteiger partial charge in [-0.05, 0) is 24.5 Å². The summed E-state index contributed by atoms with van der Waals surface area (Å²) in [4.78, 5) is 17.0. The maximum absolute atomic E-state index is 12.2. The lowest BCUT2D eigenvalue weighted by atomic mass is 10.0. The number of hydrogen-bond donors (Lipinski definition) is 2. The molecule has 3 N–H and O–H groups in total. The van der Waals surface area contributed by atoms with Crippen molar-refractivity contribution < 1.29 is 4.79 Å². The minimum Gasteiger partial charge on any atom is -0.396 e. The van der Waals surface area contributed by atoms with E-state index in [2.05, 4.69) is 10.3 Å². The number of fused-ring (bicyclic) bond motifs is 1. The van der Waals surface area contributed by atoms with Crippen molar-refractivity contribution in [3.05, 3.63) is 23.2 Å². The second-order valence-electron chi connectivity index (χ2n) is 5.39. The summed E-state index contributed by atoms with van der Waals surface area (Å²) >= 11 is 1.42. The quantitative estimate of drug-likeness (QED) is 0.908. The number of carbonyl (C=O) groups excluding carboxylic acids is 1. The summed E-state index contributed by atoms with van der Waals surface area (Å²) in [6.45, 7) is 0.741. The lowest BCUT2D eigenvalue weighted by Crippen LogP contribution is -2.25. The average molecular weight is 289 g/mol. The van der Waals surface area contributed by atoms with Gasteiger partial charge in [-0.2, -0.15) is 0 Å². The molecule has 3 rings (SSSR count). The average Bonchev–Trinajstić information content (AvgIpc) is 3.08. The minimum atomic E-state index is -0.0662. The van der Waals surface area contributed by atoms with Gasteiger partial charge in [0.15, 0.2) is 0 Å². The Morgan fingerprint density at radius 1 is 1.45 bits per heavy atom. The molecule has 0 radical (unpaired) electrons. The Morgan fingerprint density at radius 2 is 2.25 bits per heavy atom. The third-order valence-electron chi connectivity index (χ3n) is 4.00. The monoisotopic (exact) mass is 289 g/mol. The third kappa shape index (κ3) is 2.63. The number of pyridine rings is 1. The molecule has 1 amide bonds. The van der Waals surface area contributed by atoms with E-state index in [9.17, 15) is 4.79 Å². The summed E-state index contributed by atoms with van der Waals surface area (Å²) < 4.78 is 0.964. The van der Waals surface area contributed by atoms with Crippen LogP contribution in [0.1, 0.15) is 41.8 Å². The topological polar surface area (TPSA) is 68.0 Å². The largest absolute Gasteiger partial charge is 0.396 e. The van der Waals surface area contributed by atoms with E-state index in [0.717, 1.165) is 29.1 Å². The number of thiophene rings is 1. The number of carbonyl (C=O) groups is 1. The zero-order valence-electron chi connectivity index (χ0n) is 11.4. The number of hydrogen-bond acceptors (Lipinski definition) is 4. The highest BCUT2D eigenvalue weighted by molar-refractivity contribution is 7.21. The minimum absolute atomic E-state index is 0.0662. The molecule has 1 fully saturated rings. The molecule has 0 spiro atoms. The summed E-state index contributed by atoms with van der Waals surface area (Å²) in [6, 6.07) is 3.80. The predicted molar refractivity (Wildman–Crippen MR) is 82.9 cm³/mol. The van der Waals surface area contributed by atoms with Gasteiger partial charge in [-0.25, -0.2) is 0 Å². The van der Waals surface area contributed by atoms with Crippen LogP contribution in [0.15, 0.2) is 18.3 Å². The van der Waals surface area contributed by atoms with Crippen molar-refractivity contribution >= 4 is 33.1 Å². The first-order valence-corrected chi connectivity index (χ1v) is 7.98. The Balaban J connectivity index is 1.64. The van der Waals surface area contributed by atoms with Gasteiger partial charge < -0.3 is 11.1 Å². The molecule has 1 aliphatic carbocycles. The summed E-state index contributed by atoms with van der Waals surface area (Å²) in [7, 11) is 0. The second-order valence-corrected chi connectivity index (χ2v) is 6.44. The zero-order valence-corrected chi connectivity index (χ0v) is 12.2. The lowest BCUT2D eigenvalue weighted by Gasteiger charge is -2.09. The molecule has 0 aliphatic heterocycles. The van der Waals surface area contributed by atoms with Gasteiger partial charge in [-0.1, -0.05) is 25.7 Å². The van der Waals surface area contributed by atoms with Crippen LogP contribution in [0.5, 0.6) is 0 Å². The van der Waals surface area contributed by atoms with Crippen LogP contribution >= 0.6 is 11.3 Å². The van der Waals surface area contributed by atoms with Crippen LogP contribution in [-0.4, -0.2) is 17.4 Å². The van der Waals surface area contributed by atoms with Gasteiger partial charge in [-0.3, -0.25) is 9.78 Å². The fourth-order valence-corrected chi connectivity index (χ4v) is 3.88. The van der Waals surface area contributed by atoms with Crippen molar-refractivity contribution in [1.29, 1.82) is 0 Å². The van der Waals surface area contributed by atoms with E-state index in [4.69, 9.17) is 5.73 Å². The van der Waals surface area contributed by atoms with Crippen molar-refractivity contribution in [1.82, 2.24) is 10.3 Å². The molecule has 106 valence electrons. The molecule has 0 saturated heterocycles. The first-order chi connectivity index (χ1) is 9.75. The molecule has 2 aromatic heterocycles. The fraction of sp³-hybridized carbons (Fsp3) is 0.467. The van der Waals surface area contributed by atoms with E-state index < -0.39 is 0 Å². The number of nitrogens with zero attached hydrogens (tertiary/aromatic N) is 1. The number of nitrogen functional groups attached to an aromatic ring is 1. The molecule has 4 nitrogen and oxygen atoms in total. The Kier molecular flexibility index (Phi) is 3.87. The molecule has 1 aliphatic rings. The highest BCUT2D eigenvalue weighted by Crippen LogP contribution is 2.32. The first kappa shape index (κ1) is 13.4. The number of nitrogens with one attached hydrogen (secondary N) is 1. The maximum Gasteiger partial charge on any atom is 0.263 e. The molecule has 0 aromatic carbocycles. The number of aromatic nitrogens is 1. The van der Waals surface area contributed by atoms with Crippen LogP contribution in [0.2, 0.25) is 0 Å². The molecule has 2 heterocycles. The van der Waals surface area contributed by atoms with Gasteiger partial charge in [0.05, 0.1) is 10.4 Å². The fourth-order valence-electron chi connectivity index (χ4n) is 2.89. The summed E-state index contributed by atoms with van der Waals surface area (Å²) in [5.41, 5.74) is 7.26. The highest BCUT2D eigenvalue weighted by Gasteiger charge is 2.18. The number of nitrogens with two attached hydrogens (primary N) is 1. The lowest BCUT2D eigenvalue weighted by molar-refractivity contribution is 0.0956. The van der Waals surface area contributed by atoms with E-state index in [1.807, 2.05) is 12.1 Å². The molecule has 5 heteroatoms. The van der Waals surface area contributed by atoms with Crippen molar-refractivity contribution in [3.8, 4) is 0 Å². The van der Waals surface area contributed by atoms with E-state index in [-0.39, 0.29) is 5.91 Å². The van der Waals surface area contributed by atoms with E-state index in [1.54, 1.807) is 6.20 Å². The van der Waals surface area contributed by atoms with Crippen molar-refractivity contribution in [2.45, 2.75) is 32.1 Å². The molecular formula is C15H19N3OS. The van der Waals surface area contributed by atoms with E-state index in [0.29, 0.717) is 10.6 Å². The number of anilines is 1. The summed E-state index contributed by atoms with van der Waals surface area (Å²) in [5, 5.41) is 2.99. The smallest absolute Gasteiger partial charge is 0.263 e. The molecular weight excluding hydrogens is 270 g/mol. The van der Waals surface area contributed by atoms with Crippen molar-refractivity contribution in [2.75, 3.05) is 12.3 Å². The molecule has 0 unspecified atom stereocenters. The van der Waals surface area contributed by atoms with E-state index >= 15 is 0 Å². The van der Waals surface area contributed by atoms with Gasteiger partial charge in [0, 0.05) is 12.7 Å². The van der Waals surface area contributed by atoms with Crippen LogP contribution in [0.3, 0.4) is 0 Å². The Morgan fingerprint density at radius 3 is 3.00 bits per heavy atom. The number of amides is 1. The second kappa shape index (κ2) is 5.79. The van der Waals surface area contributed by atoms with Crippen LogP contribution in [0.25, 0.3) is 10.2 Å². The highest BCUT2D eigenvalue weighted by atomic mass is 32.1. The first-order valence-electron chi connectivity index (χ1n) is 7.17. The SMILES string of the molecule is Nc1c(C(=O)NCCC2CCCC2)sc2cccnc12. The van der Waals surface area contributed by atoms with Gasteiger partial charge in [-0.15, -0.1) is 11.3 Å². The Hall–Kier alpha value is -1.62. The van der Waals surface area contributed by atoms with Gasteiger partial charge in [0.2, 0.25) is 0 Å². The molecule has 2 aromatic rings. The normalized spacial score (nSPS) is 15.8. The maximum atomic E-state index is 12.2. The van der Waals surface area contributed by atoms with E-state index in [1.165, 1.54) is 37.0 Å². The van der Waals surface area contributed by atoms with Crippen molar-refractivity contribution in [3.63, 3.8) is 0 Å². The van der Waals surface area contributed by atoms with Crippen molar-refractivity contribution in [2.24, 2.45) is 5.92 Å². The Bertz CT molecular complexity index is 617. The van der Waals surface area contributed by atoms with Crippen LogP contribution in [0.4, 0.5) is 5.69 Å². The van der Waals surface area contributed by atoms with Gasteiger partial charge in [0.1, 0.15) is 10.4 Å². The molecule has 20 heavy (non-hydrogen) atoms. The number of rotatable bonds is 4. The molecule has 0 atom stereocenters. The van der Waals surface area contributed by atoms with Gasteiger partial charge in [0.25, 0.3) is 5.91 Å². The van der Waals surface area contributed by atoms with Crippen LogP contribution < -0.4 is 11.1 Å².